The molecule has 136 valence electrons. The van der Waals surface area contributed by atoms with Crippen molar-refractivity contribution in [3.8, 4) is 11.5 Å². The summed E-state index contributed by atoms with van der Waals surface area (Å²) < 4.78 is 10.4. The predicted molar refractivity (Wildman–Crippen MR) is 96.3 cm³/mol. The van der Waals surface area contributed by atoms with Crippen LogP contribution >= 0.6 is 0 Å². The summed E-state index contributed by atoms with van der Waals surface area (Å²) in [6, 6.07) is 12.2. The minimum atomic E-state index is -0.338. The van der Waals surface area contributed by atoms with Crippen LogP contribution in [0.5, 0.6) is 0 Å². The number of furan rings is 1. The monoisotopic (exact) mass is 364 g/mol. The van der Waals surface area contributed by atoms with Crippen LogP contribution in [0.4, 0.5) is 11.4 Å². The molecule has 0 saturated carbocycles. The van der Waals surface area contributed by atoms with Crippen LogP contribution in [-0.2, 0) is 4.79 Å². The molecule has 3 aromatic rings. The molecule has 1 aromatic carbocycles. The Kier molecular flexibility index (Phi) is 3.49. The number of nitrogens with zero attached hydrogens (tertiary/aromatic N) is 2. The zero-order valence-corrected chi connectivity index (χ0v) is 14.2. The first-order valence-corrected chi connectivity index (χ1v) is 8.67. The molecule has 2 amide bonds. The Morgan fingerprint density at radius 2 is 2.11 bits per heavy atom. The molecule has 2 aliphatic heterocycles. The molecule has 2 atom stereocenters. The van der Waals surface area contributed by atoms with Gasteiger partial charge in [0.25, 0.3) is 5.91 Å². The third-order valence-corrected chi connectivity index (χ3v) is 4.92. The van der Waals surface area contributed by atoms with Gasteiger partial charge in [-0.05, 0) is 30.7 Å². The van der Waals surface area contributed by atoms with Crippen molar-refractivity contribution in [3.63, 3.8) is 0 Å². The van der Waals surface area contributed by atoms with Gasteiger partial charge in [0.05, 0.1) is 17.6 Å². The third kappa shape index (κ3) is 2.66. The molecule has 0 aliphatic carbocycles. The number of hydrogen-bond donors (Lipinski definition) is 2. The maximum Gasteiger partial charge on any atom is 0.273 e. The minimum absolute atomic E-state index is 0.0491. The second-order valence-corrected chi connectivity index (χ2v) is 6.63. The number of nitrogens with one attached hydrogen (secondary N) is 2. The van der Waals surface area contributed by atoms with E-state index in [4.69, 9.17) is 8.94 Å². The molecule has 0 bridgehead atoms. The first-order chi connectivity index (χ1) is 13.2. The SMILES string of the molecule is O=C(NC1CC2C(=O)Nc3ccccc3N2C1)c1cc(-c2ccco2)on1. The van der Waals surface area contributed by atoms with Gasteiger partial charge in [0.2, 0.25) is 11.7 Å². The summed E-state index contributed by atoms with van der Waals surface area (Å²) in [7, 11) is 0. The highest BCUT2D eigenvalue weighted by atomic mass is 16.5. The minimum Gasteiger partial charge on any atom is -0.461 e. The van der Waals surface area contributed by atoms with E-state index in [0.29, 0.717) is 24.5 Å². The molecular weight excluding hydrogens is 348 g/mol. The summed E-state index contributed by atoms with van der Waals surface area (Å²) in [6.07, 6.45) is 2.06. The summed E-state index contributed by atoms with van der Waals surface area (Å²) in [5, 5.41) is 9.69. The summed E-state index contributed by atoms with van der Waals surface area (Å²) in [4.78, 5) is 26.9. The van der Waals surface area contributed by atoms with Crippen LogP contribution in [-0.4, -0.2) is 35.6 Å². The van der Waals surface area contributed by atoms with Crippen molar-refractivity contribution in [1.29, 1.82) is 0 Å². The van der Waals surface area contributed by atoms with E-state index >= 15 is 0 Å². The average molecular weight is 364 g/mol. The lowest BCUT2D eigenvalue weighted by Gasteiger charge is -2.32. The molecule has 8 nitrogen and oxygen atoms in total. The van der Waals surface area contributed by atoms with Crippen LogP contribution in [0, 0.1) is 0 Å². The fourth-order valence-corrected chi connectivity index (χ4v) is 3.68. The van der Waals surface area contributed by atoms with Crippen molar-refractivity contribution in [2.75, 3.05) is 16.8 Å². The normalized spacial score (nSPS) is 20.7. The second-order valence-electron chi connectivity index (χ2n) is 6.63. The van der Waals surface area contributed by atoms with Crippen molar-refractivity contribution in [3.05, 3.63) is 54.4 Å². The van der Waals surface area contributed by atoms with E-state index in [1.807, 2.05) is 29.2 Å². The second kappa shape index (κ2) is 6.01. The molecule has 0 spiro atoms. The van der Waals surface area contributed by atoms with E-state index in [2.05, 4.69) is 15.8 Å². The van der Waals surface area contributed by atoms with Gasteiger partial charge in [-0.25, -0.2) is 0 Å². The van der Waals surface area contributed by atoms with Gasteiger partial charge in [0, 0.05) is 18.7 Å². The molecule has 0 radical (unpaired) electrons. The van der Waals surface area contributed by atoms with Gasteiger partial charge in [-0.15, -0.1) is 0 Å². The van der Waals surface area contributed by atoms with Crippen molar-refractivity contribution in [2.24, 2.45) is 0 Å². The Morgan fingerprint density at radius 1 is 1.22 bits per heavy atom. The standard InChI is InChI=1S/C19H16N4O4/c24-18(13-9-17(27-22-13)16-6-3-7-26-16)20-11-8-15-19(25)21-12-4-1-2-5-14(12)23(15)10-11/h1-7,9,11,15H,8,10H2,(H,20,24)(H,21,25). The number of hydrogen-bond acceptors (Lipinski definition) is 6. The Balaban J connectivity index is 1.31. The number of benzene rings is 1. The van der Waals surface area contributed by atoms with E-state index in [-0.39, 0.29) is 29.6 Å². The Hall–Kier alpha value is -3.55. The molecule has 2 aliphatic rings. The summed E-state index contributed by atoms with van der Waals surface area (Å²) in [6.45, 7) is 0.559. The van der Waals surface area contributed by atoms with E-state index in [1.54, 1.807) is 18.2 Å². The van der Waals surface area contributed by atoms with Crippen LogP contribution in [0.2, 0.25) is 0 Å². The van der Waals surface area contributed by atoms with Crippen molar-refractivity contribution in [2.45, 2.75) is 18.5 Å². The Morgan fingerprint density at radius 3 is 2.96 bits per heavy atom. The lowest BCUT2D eigenvalue weighted by molar-refractivity contribution is -0.117. The Labute approximate surface area is 154 Å². The number of amides is 2. The average Bonchev–Trinajstić information content (AvgIpc) is 3.41. The highest BCUT2D eigenvalue weighted by Gasteiger charge is 2.41. The molecular formula is C19H16N4O4. The van der Waals surface area contributed by atoms with Gasteiger partial charge >= 0.3 is 0 Å². The van der Waals surface area contributed by atoms with Gasteiger partial charge in [0.1, 0.15) is 6.04 Å². The molecule has 2 unspecified atom stereocenters. The fourth-order valence-electron chi connectivity index (χ4n) is 3.68. The predicted octanol–water partition coefficient (Wildman–Crippen LogP) is 2.26. The smallest absolute Gasteiger partial charge is 0.273 e. The fraction of sp³-hybridized carbons (Fsp3) is 0.211. The van der Waals surface area contributed by atoms with E-state index in [1.165, 1.54) is 6.26 Å². The zero-order chi connectivity index (χ0) is 18.4. The first kappa shape index (κ1) is 15.7. The van der Waals surface area contributed by atoms with Crippen LogP contribution in [0.15, 0.2) is 57.7 Å². The van der Waals surface area contributed by atoms with Gasteiger partial charge in [-0.2, -0.15) is 0 Å². The maximum atomic E-state index is 12.5. The highest BCUT2D eigenvalue weighted by molar-refractivity contribution is 6.04. The number of carbonyl (C=O) groups excluding carboxylic acids is 2. The van der Waals surface area contributed by atoms with E-state index in [9.17, 15) is 9.59 Å². The molecule has 2 N–H and O–H groups in total. The quantitative estimate of drug-likeness (QED) is 0.739. The van der Waals surface area contributed by atoms with Crippen molar-refractivity contribution >= 4 is 23.2 Å². The lowest BCUT2D eigenvalue weighted by Crippen LogP contribution is -2.44. The van der Waals surface area contributed by atoms with Crippen LogP contribution in [0.25, 0.3) is 11.5 Å². The molecule has 4 heterocycles. The molecule has 2 aromatic heterocycles. The Bertz CT molecular complexity index is 1010. The molecule has 8 heteroatoms. The third-order valence-electron chi connectivity index (χ3n) is 4.92. The van der Waals surface area contributed by atoms with Crippen molar-refractivity contribution in [1.82, 2.24) is 10.5 Å². The number of rotatable bonds is 3. The topological polar surface area (TPSA) is 101 Å². The highest BCUT2D eigenvalue weighted by Crippen LogP contribution is 2.36. The number of para-hydroxylation sites is 2. The van der Waals surface area contributed by atoms with Gasteiger partial charge in [-0.1, -0.05) is 17.3 Å². The van der Waals surface area contributed by atoms with Crippen LogP contribution in [0.1, 0.15) is 16.9 Å². The molecule has 27 heavy (non-hydrogen) atoms. The van der Waals surface area contributed by atoms with E-state index in [0.717, 1.165) is 11.4 Å². The molecule has 5 rings (SSSR count). The van der Waals surface area contributed by atoms with Crippen molar-refractivity contribution < 1.29 is 18.5 Å². The zero-order valence-electron chi connectivity index (χ0n) is 14.2. The first-order valence-electron chi connectivity index (χ1n) is 8.67. The maximum absolute atomic E-state index is 12.5. The largest absolute Gasteiger partial charge is 0.461 e. The van der Waals surface area contributed by atoms with Gasteiger partial charge in [0.15, 0.2) is 11.5 Å². The number of anilines is 2. The van der Waals surface area contributed by atoms with Crippen LogP contribution in [0.3, 0.4) is 0 Å². The summed E-state index contributed by atoms with van der Waals surface area (Å²) in [5.41, 5.74) is 1.95. The molecule has 1 fully saturated rings. The van der Waals surface area contributed by atoms with E-state index < -0.39 is 0 Å². The summed E-state index contributed by atoms with van der Waals surface area (Å²) in [5.74, 6) is 0.511. The van der Waals surface area contributed by atoms with Gasteiger partial charge in [-0.3, -0.25) is 9.59 Å². The van der Waals surface area contributed by atoms with Gasteiger partial charge < -0.3 is 24.5 Å². The van der Waals surface area contributed by atoms with Crippen LogP contribution < -0.4 is 15.5 Å². The molecule has 1 saturated heterocycles. The lowest BCUT2D eigenvalue weighted by atomic mass is 10.1. The number of aromatic nitrogens is 1. The number of carbonyl (C=O) groups is 2. The summed E-state index contributed by atoms with van der Waals surface area (Å²) >= 11 is 0. The number of fused-ring (bicyclic) bond motifs is 3.